The Hall–Kier alpha value is -1.69. The van der Waals surface area contributed by atoms with Gasteiger partial charge in [-0.3, -0.25) is 0 Å². The van der Waals surface area contributed by atoms with Crippen molar-refractivity contribution in [1.82, 2.24) is 9.97 Å². The van der Waals surface area contributed by atoms with Crippen LogP contribution in [0.2, 0.25) is 0 Å². The summed E-state index contributed by atoms with van der Waals surface area (Å²) in [4.78, 5) is 9.14. The predicted octanol–water partition coefficient (Wildman–Crippen LogP) is 4.26. The van der Waals surface area contributed by atoms with Crippen LogP contribution in [0.1, 0.15) is 30.2 Å². The number of fused-ring (bicyclic) bond motifs is 1. The fraction of sp³-hybridized carbons (Fsp3) is 0.333. The van der Waals surface area contributed by atoms with Crippen LogP contribution in [-0.2, 0) is 11.5 Å². The van der Waals surface area contributed by atoms with Crippen molar-refractivity contribution in [1.29, 1.82) is 0 Å². The summed E-state index contributed by atoms with van der Waals surface area (Å²) in [5, 5.41) is 3.26. The van der Waals surface area contributed by atoms with Gasteiger partial charge in [0.2, 0.25) is 0 Å². The van der Waals surface area contributed by atoms with Gasteiger partial charge in [0, 0.05) is 34.7 Å². The van der Waals surface area contributed by atoms with Crippen LogP contribution in [0.25, 0.3) is 11.4 Å². The van der Waals surface area contributed by atoms with Crippen molar-refractivity contribution in [2.24, 2.45) is 0 Å². The number of aromatic nitrogens is 2. The third kappa shape index (κ3) is 2.85. The van der Waals surface area contributed by atoms with E-state index < -0.39 is 6.43 Å². The highest BCUT2D eigenvalue weighted by Gasteiger charge is 2.20. The average Bonchev–Trinajstić information content (AvgIpc) is 2.96. The van der Waals surface area contributed by atoms with E-state index in [2.05, 4.69) is 15.3 Å². The molecule has 3 nitrogen and oxygen atoms in total. The second-order valence-electron chi connectivity index (χ2n) is 4.77. The Morgan fingerprint density at radius 1 is 1.19 bits per heavy atom. The highest BCUT2D eigenvalue weighted by Crippen LogP contribution is 2.34. The molecular weight excluding hydrogens is 292 g/mol. The minimum Gasteiger partial charge on any atom is -0.370 e. The van der Waals surface area contributed by atoms with Crippen molar-refractivity contribution < 1.29 is 8.78 Å². The molecule has 0 radical (unpaired) electrons. The fourth-order valence-corrected chi connectivity index (χ4v) is 3.31. The molecule has 0 atom stereocenters. The van der Waals surface area contributed by atoms with Crippen molar-refractivity contribution in [3.05, 3.63) is 41.1 Å². The maximum absolute atomic E-state index is 12.6. The van der Waals surface area contributed by atoms with E-state index in [9.17, 15) is 8.78 Å². The van der Waals surface area contributed by atoms with E-state index >= 15 is 0 Å². The number of rotatable bonds is 4. The number of nitrogens with zero attached hydrogens (tertiary/aromatic N) is 2. The number of nitrogens with one attached hydrogen (secondary N) is 1. The summed E-state index contributed by atoms with van der Waals surface area (Å²) >= 11 is 1.81. The normalized spacial score (nSPS) is 13.5. The summed E-state index contributed by atoms with van der Waals surface area (Å²) in [6, 6.07) is 6.17. The van der Waals surface area contributed by atoms with Gasteiger partial charge in [-0.05, 0) is 6.92 Å². The lowest BCUT2D eigenvalue weighted by Gasteiger charge is -2.11. The molecule has 0 saturated heterocycles. The van der Waals surface area contributed by atoms with Crippen molar-refractivity contribution in [2.75, 3.05) is 11.9 Å². The Labute approximate surface area is 126 Å². The number of benzene rings is 1. The van der Waals surface area contributed by atoms with Gasteiger partial charge in [0.1, 0.15) is 5.82 Å². The van der Waals surface area contributed by atoms with Gasteiger partial charge in [0.05, 0.1) is 5.69 Å². The topological polar surface area (TPSA) is 37.8 Å². The first kappa shape index (κ1) is 14.3. The molecule has 1 aromatic carbocycles. The van der Waals surface area contributed by atoms with Crippen molar-refractivity contribution >= 4 is 17.6 Å². The molecule has 1 N–H and O–H groups in total. The molecule has 0 amide bonds. The van der Waals surface area contributed by atoms with Gasteiger partial charge in [0.15, 0.2) is 5.82 Å². The van der Waals surface area contributed by atoms with Crippen LogP contribution < -0.4 is 5.32 Å². The second-order valence-corrected chi connectivity index (χ2v) is 5.75. The van der Waals surface area contributed by atoms with Gasteiger partial charge in [-0.1, -0.05) is 24.3 Å². The highest BCUT2D eigenvalue weighted by atomic mass is 32.2. The number of hydrogen-bond donors (Lipinski definition) is 1. The van der Waals surface area contributed by atoms with E-state index in [1.165, 1.54) is 12.1 Å². The van der Waals surface area contributed by atoms with E-state index in [-0.39, 0.29) is 5.56 Å². The quantitative estimate of drug-likeness (QED) is 0.916. The summed E-state index contributed by atoms with van der Waals surface area (Å²) < 4.78 is 25.2. The molecule has 21 heavy (non-hydrogen) atoms. The van der Waals surface area contributed by atoms with Gasteiger partial charge in [-0.15, -0.1) is 0 Å². The lowest BCUT2D eigenvalue weighted by atomic mass is 10.1. The van der Waals surface area contributed by atoms with Gasteiger partial charge in [-0.25, -0.2) is 18.7 Å². The average molecular weight is 307 g/mol. The van der Waals surface area contributed by atoms with E-state index in [0.717, 1.165) is 40.7 Å². The van der Waals surface area contributed by atoms with Crippen LogP contribution in [-0.4, -0.2) is 16.5 Å². The van der Waals surface area contributed by atoms with Crippen LogP contribution >= 0.6 is 11.8 Å². The summed E-state index contributed by atoms with van der Waals surface area (Å²) in [6.45, 7) is 2.81. The molecule has 0 aliphatic carbocycles. The van der Waals surface area contributed by atoms with Crippen LogP contribution in [0.5, 0.6) is 0 Å². The SMILES string of the molecule is CCNc1nc(-c2ccc(C(F)F)cc2)nc2c1CSC2. The zero-order valence-corrected chi connectivity index (χ0v) is 12.4. The minimum atomic E-state index is -2.45. The summed E-state index contributed by atoms with van der Waals surface area (Å²) in [7, 11) is 0. The molecule has 1 aliphatic rings. The first-order chi connectivity index (χ1) is 10.2. The highest BCUT2D eigenvalue weighted by molar-refractivity contribution is 7.98. The molecule has 2 aromatic rings. The Bertz CT molecular complexity index is 644. The molecule has 1 aliphatic heterocycles. The molecule has 3 rings (SSSR count). The number of thioether (sulfide) groups is 1. The van der Waals surface area contributed by atoms with Crippen LogP contribution in [0, 0.1) is 0 Å². The van der Waals surface area contributed by atoms with Gasteiger partial charge in [-0.2, -0.15) is 11.8 Å². The van der Waals surface area contributed by atoms with Crippen LogP contribution in [0.15, 0.2) is 24.3 Å². The van der Waals surface area contributed by atoms with E-state index in [0.29, 0.717) is 5.82 Å². The number of hydrogen-bond acceptors (Lipinski definition) is 4. The Balaban J connectivity index is 2.00. The predicted molar refractivity (Wildman–Crippen MR) is 81.6 cm³/mol. The zero-order valence-electron chi connectivity index (χ0n) is 11.6. The summed E-state index contributed by atoms with van der Waals surface area (Å²) in [5.74, 6) is 3.24. The first-order valence-corrected chi connectivity index (χ1v) is 7.94. The molecule has 0 fully saturated rings. The maximum atomic E-state index is 12.6. The Morgan fingerprint density at radius 2 is 1.95 bits per heavy atom. The van der Waals surface area contributed by atoms with Gasteiger partial charge in [0.25, 0.3) is 6.43 Å². The third-order valence-corrected chi connectivity index (χ3v) is 4.31. The van der Waals surface area contributed by atoms with E-state index in [4.69, 9.17) is 0 Å². The molecule has 0 unspecified atom stereocenters. The monoisotopic (exact) mass is 307 g/mol. The number of halogens is 2. The second kappa shape index (κ2) is 5.97. The summed E-state index contributed by atoms with van der Waals surface area (Å²) in [5.41, 5.74) is 2.98. The Kier molecular flexibility index (Phi) is 4.05. The molecule has 110 valence electrons. The molecular formula is C15H15F2N3S. The molecule has 6 heteroatoms. The smallest absolute Gasteiger partial charge is 0.263 e. The molecule has 1 aromatic heterocycles. The van der Waals surface area contributed by atoms with Crippen LogP contribution in [0.4, 0.5) is 14.6 Å². The largest absolute Gasteiger partial charge is 0.370 e. The number of alkyl halides is 2. The van der Waals surface area contributed by atoms with E-state index in [1.54, 1.807) is 12.1 Å². The number of anilines is 1. The molecule has 0 spiro atoms. The van der Waals surface area contributed by atoms with E-state index in [1.807, 2.05) is 18.7 Å². The Morgan fingerprint density at radius 3 is 2.62 bits per heavy atom. The summed E-state index contributed by atoms with van der Waals surface area (Å²) in [6.07, 6.45) is -2.45. The minimum absolute atomic E-state index is 0.0161. The first-order valence-electron chi connectivity index (χ1n) is 6.79. The van der Waals surface area contributed by atoms with Crippen molar-refractivity contribution in [3.8, 4) is 11.4 Å². The van der Waals surface area contributed by atoms with Gasteiger partial charge < -0.3 is 5.32 Å². The fourth-order valence-electron chi connectivity index (χ4n) is 2.27. The molecule has 0 bridgehead atoms. The lowest BCUT2D eigenvalue weighted by Crippen LogP contribution is -2.06. The van der Waals surface area contributed by atoms with Crippen molar-refractivity contribution in [3.63, 3.8) is 0 Å². The van der Waals surface area contributed by atoms with Gasteiger partial charge >= 0.3 is 0 Å². The zero-order chi connectivity index (χ0) is 14.8. The lowest BCUT2D eigenvalue weighted by molar-refractivity contribution is 0.151. The standard InChI is InChI=1S/C15H15F2N3S/c1-2-18-15-11-7-21-8-12(11)19-14(20-15)10-5-3-9(4-6-10)13(16)17/h3-6,13H,2,7-8H2,1H3,(H,18,19,20). The maximum Gasteiger partial charge on any atom is 0.263 e. The molecule has 2 heterocycles. The van der Waals surface area contributed by atoms with Crippen LogP contribution in [0.3, 0.4) is 0 Å². The van der Waals surface area contributed by atoms with Crippen molar-refractivity contribution in [2.45, 2.75) is 24.9 Å². The molecule has 0 saturated carbocycles. The third-order valence-electron chi connectivity index (χ3n) is 3.34.